The number of carbonyl (C=O) groups excluding carboxylic acids is 1. The molecule has 6 heteroatoms. The predicted octanol–water partition coefficient (Wildman–Crippen LogP) is 2.67. The number of aromatic nitrogens is 2. The Bertz CT molecular complexity index is 1110. The normalized spacial score (nSPS) is 16.0. The van der Waals surface area contributed by atoms with Gasteiger partial charge in [-0.2, -0.15) is 0 Å². The molecule has 1 aromatic heterocycles. The summed E-state index contributed by atoms with van der Waals surface area (Å²) in [6.07, 6.45) is 4.92. The summed E-state index contributed by atoms with van der Waals surface area (Å²) >= 11 is 0. The molecule has 1 amide bonds. The first-order chi connectivity index (χ1) is 13.6. The van der Waals surface area contributed by atoms with E-state index >= 15 is 0 Å². The van der Waals surface area contributed by atoms with Gasteiger partial charge in [0.2, 0.25) is 5.91 Å². The molecule has 4 rings (SSSR count). The molecule has 1 saturated carbocycles. The SMILES string of the molecule is O=C(Cn1c(=O)[nH]c2ccccc2c1=O)NC1(c2ccccc2)CCCCC1. The number of para-hydroxylation sites is 1. The fourth-order valence-electron chi connectivity index (χ4n) is 4.19. The Morgan fingerprint density at radius 1 is 0.964 bits per heavy atom. The van der Waals surface area contributed by atoms with Gasteiger partial charge in [0, 0.05) is 0 Å². The zero-order valence-electron chi connectivity index (χ0n) is 15.6. The van der Waals surface area contributed by atoms with Crippen molar-refractivity contribution >= 4 is 16.8 Å². The van der Waals surface area contributed by atoms with E-state index in [0.29, 0.717) is 10.9 Å². The summed E-state index contributed by atoms with van der Waals surface area (Å²) in [6.45, 7) is -0.298. The minimum Gasteiger partial charge on any atom is -0.345 e. The van der Waals surface area contributed by atoms with Crippen LogP contribution < -0.4 is 16.6 Å². The predicted molar refractivity (Wildman–Crippen MR) is 108 cm³/mol. The Hall–Kier alpha value is -3.15. The first-order valence-corrected chi connectivity index (χ1v) is 9.67. The smallest absolute Gasteiger partial charge is 0.329 e. The molecule has 6 nitrogen and oxygen atoms in total. The van der Waals surface area contributed by atoms with Crippen LogP contribution in [0.3, 0.4) is 0 Å². The standard InChI is InChI=1S/C22H23N3O3/c26-19(15-25-20(27)17-11-5-6-12-18(17)23-21(25)28)24-22(13-7-2-8-14-22)16-9-3-1-4-10-16/h1,3-6,9-12H,2,7-8,13-15H2,(H,23,28)(H,24,26). The second-order valence-corrected chi connectivity index (χ2v) is 7.42. The molecular weight excluding hydrogens is 354 g/mol. The van der Waals surface area contributed by atoms with E-state index in [1.54, 1.807) is 24.3 Å². The Balaban J connectivity index is 1.64. The number of H-pyrrole nitrogens is 1. The average molecular weight is 377 g/mol. The van der Waals surface area contributed by atoms with Crippen molar-refractivity contribution in [1.82, 2.24) is 14.9 Å². The maximum Gasteiger partial charge on any atom is 0.329 e. The Kier molecular flexibility index (Phi) is 4.86. The van der Waals surface area contributed by atoms with Crippen molar-refractivity contribution in [3.05, 3.63) is 81.0 Å². The van der Waals surface area contributed by atoms with E-state index in [1.807, 2.05) is 30.3 Å². The van der Waals surface area contributed by atoms with Crippen LogP contribution in [0.15, 0.2) is 64.2 Å². The summed E-state index contributed by atoms with van der Waals surface area (Å²) in [4.78, 5) is 40.6. The minimum absolute atomic E-state index is 0.298. The van der Waals surface area contributed by atoms with Crippen molar-refractivity contribution in [3.8, 4) is 0 Å². The van der Waals surface area contributed by atoms with E-state index in [-0.39, 0.29) is 12.5 Å². The van der Waals surface area contributed by atoms with E-state index < -0.39 is 16.8 Å². The molecule has 1 heterocycles. The number of amides is 1. The summed E-state index contributed by atoms with van der Waals surface area (Å²) < 4.78 is 0.971. The molecule has 0 bridgehead atoms. The van der Waals surface area contributed by atoms with E-state index in [1.165, 1.54) is 0 Å². The molecule has 0 radical (unpaired) electrons. The van der Waals surface area contributed by atoms with Crippen molar-refractivity contribution < 1.29 is 4.79 Å². The molecule has 2 aromatic carbocycles. The Morgan fingerprint density at radius 3 is 2.39 bits per heavy atom. The van der Waals surface area contributed by atoms with E-state index in [0.717, 1.165) is 42.2 Å². The highest BCUT2D eigenvalue weighted by molar-refractivity contribution is 5.79. The van der Waals surface area contributed by atoms with Gasteiger partial charge in [-0.1, -0.05) is 61.7 Å². The number of fused-ring (bicyclic) bond motifs is 1. The van der Waals surface area contributed by atoms with Crippen LogP contribution in [-0.2, 0) is 16.9 Å². The second-order valence-electron chi connectivity index (χ2n) is 7.42. The number of rotatable bonds is 4. The first kappa shape index (κ1) is 18.2. The molecule has 0 saturated heterocycles. The van der Waals surface area contributed by atoms with Crippen LogP contribution in [0.1, 0.15) is 37.7 Å². The summed E-state index contributed by atoms with van der Waals surface area (Å²) in [5, 5.41) is 3.54. The second kappa shape index (κ2) is 7.46. The van der Waals surface area contributed by atoms with Crippen LogP contribution in [0, 0.1) is 0 Å². The molecule has 1 aliphatic carbocycles. The van der Waals surface area contributed by atoms with Crippen molar-refractivity contribution in [2.24, 2.45) is 0 Å². The molecular formula is C22H23N3O3. The topological polar surface area (TPSA) is 84.0 Å². The zero-order chi connectivity index (χ0) is 19.6. The third kappa shape index (κ3) is 3.38. The maximum absolute atomic E-state index is 12.9. The van der Waals surface area contributed by atoms with Gasteiger partial charge in [-0.25, -0.2) is 4.79 Å². The lowest BCUT2D eigenvalue weighted by molar-refractivity contribution is -0.124. The van der Waals surface area contributed by atoms with Gasteiger partial charge in [-0.15, -0.1) is 0 Å². The highest BCUT2D eigenvalue weighted by atomic mass is 16.2. The van der Waals surface area contributed by atoms with Crippen LogP contribution in [0.5, 0.6) is 0 Å². The lowest BCUT2D eigenvalue weighted by atomic mass is 9.76. The van der Waals surface area contributed by atoms with Crippen molar-refractivity contribution in [2.45, 2.75) is 44.2 Å². The average Bonchev–Trinajstić information content (AvgIpc) is 2.72. The van der Waals surface area contributed by atoms with Gasteiger partial charge in [0.05, 0.1) is 16.4 Å². The van der Waals surface area contributed by atoms with Crippen LogP contribution in [0.4, 0.5) is 0 Å². The summed E-state index contributed by atoms with van der Waals surface area (Å²) in [5.74, 6) is -0.325. The highest BCUT2D eigenvalue weighted by Crippen LogP contribution is 2.37. The molecule has 0 unspecified atom stereocenters. The molecule has 2 N–H and O–H groups in total. The monoisotopic (exact) mass is 377 g/mol. The first-order valence-electron chi connectivity index (χ1n) is 9.67. The Labute approximate surface area is 162 Å². The number of carbonyl (C=O) groups is 1. The van der Waals surface area contributed by atoms with Gasteiger partial charge in [0.1, 0.15) is 6.54 Å². The van der Waals surface area contributed by atoms with Crippen LogP contribution >= 0.6 is 0 Å². The quantitative estimate of drug-likeness (QED) is 0.733. The molecule has 1 aliphatic rings. The van der Waals surface area contributed by atoms with Crippen LogP contribution in [-0.4, -0.2) is 15.5 Å². The van der Waals surface area contributed by atoms with Gasteiger partial charge in [-0.05, 0) is 30.5 Å². The van der Waals surface area contributed by atoms with E-state index in [2.05, 4.69) is 10.3 Å². The maximum atomic E-state index is 12.9. The van der Waals surface area contributed by atoms with Gasteiger partial charge in [0.15, 0.2) is 0 Å². The van der Waals surface area contributed by atoms with Crippen LogP contribution in [0.25, 0.3) is 10.9 Å². The molecule has 1 fully saturated rings. The molecule has 0 aliphatic heterocycles. The number of hydrogen-bond donors (Lipinski definition) is 2. The lowest BCUT2D eigenvalue weighted by Crippen LogP contribution is -2.50. The zero-order valence-corrected chi connectivity index (χ0v) is 15.6. The third-order valence-corrected chi connectivity index (χ3v) is 5.60. The fraction of sp³-hybridized carbons (Fsp3) is 0.318. The fourth-order valence-corrected chi connectivity index (χ4v) is 4.19. The molecule has 3 aromatic rings. The van der Waals surface area contributed by atoms with Gasteiger partial charge in [0.25, 0.3) is 5.56 Å². The van der Waals surface area contributed by atoms with E-state index in [9.17, 15) is 14.4 Å². The van der Waals surface area contributed by atoms with Gasteiger partial charge >= 0.3 is 5.69 Å². The van der Waals surface area contributed by atoms with Gasteiger partial charge < -0.3 is 10.3 Å². The number of aromatic amines is 1. The summed E-state index contributed by atoms with van der Waals surface area (Å²) in [6, 6.07) is 16.8. The number of benzene rings is 2. The molecule has 28 heavy (non-hydrogen) atoms. The minimum atomic E-state index is -0.573. The van der Waals surface area contributed by atoms with Gasteiger partial charge in [-0.3, -0.25) is 14.2 Å². The lowest BCUT2D eigenvalue weighted by Gasteiger charge is -2.38. The molecule has 0 atom stereocenters. The number of nitrogens with zero attached hydrogens (tertiary/aromatic N) is 1. The molecule has 144 valence electrons. The van der Waals surface area contributed by atoms with Crippen LogP contribution in [0.2, 0.25) is 0 Å². The third-order valence-electron chi connectivity index (χ3n) is 5.60. The Morgan fingerprint density at radius 2 is 1.64 bits per heavy atom. The van der Waals surface area contributed by atoms with Crippen molar-refractivity contribution in [3.63, 3.8) is 0 Å². The van der Waals surface area contributed by atoms with Crippen molar-refractivity contribution in [1.29, 1.82) is 0 Å². The summed E-state index contributed by atoms with van der Waals surface area (Å²) in [7, 11) is 0. The van der Waals surface area contributed by atoms with Crippen molar-refractivity contribution in [2.75, 3.05) is 0 Å². The number of hydrogen-bond acceptors (Lipinski definition) is 3. The largest absolute Gasteiger partial charge is 0.345 e. The highest BCUT2D eigenvalue weighted by Gasteiger charge is 2.35. The number of nitrogens with one attached hydrogen (secondary N) is 2. The van der Waals surface area contributed by atoms with E-state index in [4.69, 9.17) is 0 Å². The molecule has 0 spiro atoms. The summed E-state index contributed by atoms with van der Waals surface area (Å²) in [5.41, 5.74) is 0.0808.